The smallest absolute Gasteiger partial charge is 0.0499 e. The minimum Gasteiger partial charge on any atom is -0.327 e. The molecule has 1 aliphatic carbocycles. The lowest BCUT2D eigenvalue weighted by Gasteiger charge is -2.20. The Balaban J connectivity index is 2.34. The molecule has 3 heteroatoms. The van der Waals surface area contributed by atoms with Gasteiger partial charge in [-0.3, -0.25) is 4.21 Å². The quantitative estimate of drug-likeness (QED) is 0.584. The summed E-state index contributed by atoms with van der Waals surface area (Å²) in [5.41, 5.74) is 6.09. The molecule has 0 amide bonds. The summed E-state index contributed by atoms with van der Waals surface area (Å²) >= 11 is 0. The van der Waals surface area contributed by atoms with Crippen LogP contribution in [0.2, 0.25) is 0 Å². The molecule has 0 saturated heterocycles. The van der Waals surface area contributed by atoms with E-state index in [2.05, 4.69) is 6.92 Å². The summed E-state index contributed by atoms with van der Waals surface area (Å²) < 4.78 is 12.1. The first-order valence-electron chi connectivity index (χ1n) is 6.38. The first-order valence-corrected chi connectivity index (χ1v) is 7.76. The van der Waals surface area contributed by atoms with Gasteiger partial charge in [0.25, 0.3) is 0 Å². The molecule has 15 heavy (non-hydrogen) atoms. The zero-order valence-corrected chi connectivity index (χ0v) is 10.7. The standard InChI is InChI=1S/C12H25NOS/c1-2-3-7-10-15(14)12-9-6-4-5-8-11(12)13/h11-12H,2-10,13H2,1H3. The minimum absolute atomic E-state index is 0.190. The molecule has 2 nitrogen and oxygen atoms in total. The predicted octanol–water partition coefficient (Wildman–Crippen LogP) is 2.59. The molecule has 1 aliphatic rings. The fraction of sp³-hybridized carbons (Fsp3) is 1.00. The Morgan fingerprint density at radius 1 is 1.20 bits per heavy atom. The molecule has 0 bridgehead atoms. The third-order valence-electron chi connectivity index (χ3n) is 3.29. The summed E-state index contributed by atoms with van der Waals surface area (Å²) in [6, 6.07) is 0.190. The average molecular weight is 231 g/mol. The largest absolute Gasteiger partial charge is 0.327 e. The summed E-state index contributed by atoms with van der Waals surface area (Å²) in [7, 11) is -0.674. The van der Waals surface area contributed by atoms with Crippen molar-refractivity contribution in [2.24, 2.45) is 5.73 Å². The molecule has 1 rings (SSSR count). The monoisotopic (exact) mass is 231 g/mol. The molecule has 0 spiro atoms. The van der Waals surface area contributed by atoms with Gasteiger partial charge in [0.1, 0.15) is 0 Å². The Kier molecular flexibility index (Phi) is 6.50. The second kappa shape index (κ2) is 7.39. The molecule has 1 saturated carbocycles. The molecule has 90 valence electrons. The summed E-state index contributed by atoms with van der Waals surface area (Å²) in [5, 5.41) is 0.282. The second-order valence-electron chi connectivity index (χ2n) is 4.63. The van der Waals surface area contributed by atoms with E-state index in [1.807, 2.05) is 0 Å². The van der Waals surface area contributed by atoms with Crippen LogP contribution >= 0.6 is 0 Å². The second-order valence-corrected chi connectivity index (χ2v) is 6.41. The van der Waals surface area contributed by atoms with Crippen molar-refractivity contribution in [1.29, 1.82) is 0 Å². The first kappa shape index (κ1) is 13.2. The van der Waals surface area contributed by atoms with Crippen molar-refractivity contribution in [2.75, 3.05) is 5.75 Å². The van der Waals surface area contributed by atoms with Crippen LogP contribution in [0.4, 0.5) is 0 Å². The molecule has 1 fully saturated rings. The topological polar surface area (TPSA) is 43.1 Å². The lowest BCUT2D eigenvalue weighted by Crippen LogP contribution is -2.37. The maximum Gasteiger partial charge on any atom is 0.0499 e. The highest BCUT2D eigenvalue weighted by atomic mass is 32.2. The number of unbranched alkanes of at least 4 members (excludes halogenated alkanes) is 2. The molecule has 3 atom stereocenters. The summed E-state index contributed by atoms with van der Waals surface area (Å²) in [5.74, 6) is 0.867. The average Bonchev–Trinajstić information content (AvgIpc) is 2.43. The molecule has 0 aliphatic heterocycles. The van der Waals surface area contributed by atoms with Gasteiger partial charge in [0.2, 0.25) is 0 Å². The third-order valence-corrected chi connectivity index (χ3v) is 5.24. The van der Waals surface area contributed by atoms with E-state index in [4.69, 9.17) is 5.73 Å². The molecule has 0 aromatic carbocycles. The number of hydrogen-bond donors (Lipinski definition) is 1. The van der Waals surface area contributed by atoms with E-state index in [1.54, 1.807) is 0 Å². The Morgan fingerprint density at radius 2 is 1.93 bits per heavy atom. The predicted molar refractivity (Wildman–Crippen MR) is 67.4 cm³/mol. The fourth-order valence-electron chi connectivity index (χ4n) is 2.27. The van der Waals surface area contributed by atoms with Crippen molar-refractivity contribution in [3.8, 4) is 0 Å². The normalized spacial score (nSPS) is 29.7. The number of rotatable bonds is 5. The zero-order valence-electron chi connectivity index (χ0n) is 9.91. The highest BCUT2D eigenvalue weighted by molar-refractivity contribution is 7.85. The third kappa shape index (κ3) is 4.64. The number of nitrogens with two attached hydrogens (primary N) is 1. The molecule has 2 N–H and O–H groups in total. The van der Waals surface area contributed by atoms with Gasteiger partial charge in [-0.1, -0.05) is 39.0 Å². The van der Waals surface area contributed by atoms with Gasteiger partial charge < -0.3 is 5.73 Å². The van der Waals surface area contributed by atoms with E-state index in [0.29, 0.717) is 0 Å². The van der Waals surface area contributed by atoms with Gasteiger partial charge in [-0.25, -0.2) is 0 Å². The van der Waals surface area contributed by atoms with Crippen LogP contribution < -0.4 is 5.73 Å². The van der Waals surface area contributed by atoms with Crippen LogP contribution in [0.25, 0.3) is 0 Å². The van der Waals surface area contributed by atoms with Gasteiger partial charge in [-0.05, 0) is 19.3 Å². The van der Waals surface area contributed by atoms with Gasteiger partial charge >= 0.3 is 0 Å². The van der Waals surface area contributed by atoms with Crippen LogP contribution in [0, 0.1) is 0 Å². The Morgan fingerprint density at radius 3 is 2.67 bits per heavy atom. The molecular weight excluding hydrogens is 206 g/mol. The Labute approximate surface area is 96.5 Å². The molecule has 0 radical (unpaired) electrons. The zero-order chi connectivity index (χ0) is 11.1. The highest BCUT2D eigenvalue weighted by Crippen LogP contribution is 2.21. The van der Waals surface area contributed by atoms with Gasteiger partial charge in [0.15, 0.2) is 0 Å². The van der Waals surface area contributed by atoms with Gasteiger partial charge in [0, 0.05) is 27.8 Å². The van der Waals surface area contributed by atoms with Crippen molar-refractivity contribution >= 4 is 10.8 Å². The Bertz CT molecular complexity index is 196. The van der Waals surface area contributed by atoms with E-state index < -0.39 is 10.8 Å². The van der Waals surface area contributed by atoms with E-state index in [1.165, 1.54) is 32.1 Å². The molecule has 0 heterocycles. The summed E-state index contributed by atoms with van der Waals surface area (Å²) in [6.07, 6.45) is 9.39. The van der Waals surface area contributed by atoms with E-state index in [-0.39, 0.29) is 11.3 Å². The molecule has 0 aromatic heterocycles. The Hall–Kier alpha value is 0.110. The van der Waals surface area contributed by atoms with Crippen LogP contribution in [-0.4, -0.2) is 21.3 Å². The van der Waals surface area contributed by atoms with Crippen LogP contribution in [0.5, 0.6) is 0 Å². The summed E-state index contributed by atoms with van der Waals surface area (Å²) in [6.45, 7) is 2.18. The SMILES string of the molecule is CCCCCS(=O)C1CCCCCC1N. The van der Waals surface area contributed by atoms with Crippen LogP contribution in [0.3, 0.4) is 0 Å². The van der Waals surface area contributed by atoms with E-state index in [0.717, 1.165) is 25.0 Å². The molecule has 0 aromatic rings. The van der Waals surface area contributed by atoms with Gasteiger partial charge in [0.05, 0.1) is 0 Å². The van der Waals surface area contributed by atoms with Crippen molar-refractivity contribution in [2.45, 2.75) is 69.6 Å². The molecule has 3 unspecified atom stereocenters. The van der Waals surface area contributed by atoms with Crippen LogP contribution in [-0.2, 0) is 10.8 Å². The lowest BCUT2D eigenvalue weighted by molar-refractivity contribution is 0.573. The lowest BCUT2D eigenvalue weighted by atomic mass is 10.1. The molecular formula is C12H25NOS. The maximum atomic E-state index is 12.1. The van der Waals surface area contributed by atoms with Crippen molar-refractivity contribution in [3.63, 3.8) is 0 Å². The van der Waals surface area contributed by atoms with Crippen molar-refractivity contribution in [3.05, 3.63) is 0 Å². The minimum atomic E-state index is -0.674. The fourth-order valence-corrected chi connectivity index (χ4v) is 4.02. The van der Waals surface area contributed by atoms with Crippen LogP contribution in [0.1, 0.15) is 58.3 Å². The maximum absolute atomic E-state index is 12.1. The van der Waals surface area contributed by atoms with Gasteiger partial charge in [-0.15, -0.1) is 0 Å². The van der Waals surface area contributed by atoms with Crippen molar-refractivity contribution < 1.29 is 4.21 Å². The number of hydrogen-bond acceptors (Lipinski definition) is 2. The van der Waals surface area contributed by atoms with Crippen LogP contribution in [0.15, 0.2) is 0 Å². The van der Waals surface area contributed by atoms with E-state index in [9.17, 15) is 4.21 Å². The summed E-state index contributed by atoms with van der Waals surface area (Å²) in [4.78, 5) is 0. The highest BCUT2D eigenvalue weighted by Gasteiger charge is 2.25. The van der Waals surface area contributed by atoms with Gasteiger partial charge in [-0.2, -0.15) is 0 Å². The van der Waals surface area contributed by atoms with E-state index >= 15 is 0 Å². The van der Waals surface area contributed by atoms with Crippen molar-refractivity contribution in [1.82, 2.24) is 0 Å². The first-order chi connectivity index (χ1) is 7.25.